The lowest BCUT2D eigenvalue weighted by molar-refractivity contribution is 0.669. The fourth-order valence-electron chi connectivity index (χ4n) is 8.10. The minimum Gasteiger partial charge on any atom is -0.456 e. The zero-order valence-corrected chi connectivity index (χ0v) is 32.0. The highest BCUT2D eigenvalue weighted by atomic mass is 16.3. The zero-order valence-electron chi connectivity index (χ0n) is 32.0. The molecule has 0 saturated carbocycles. The number of rotatable bonds is 7. The Bertz CT molecular complexity index is 3300. The smallest absolute Gasteiger partial charge is 0.164 e. The van der Waals surface area contributed by atoms with Crippen LogP contribution in [-0.4, -0.2) is 15.0 Å². The molecule has 11 aromatic rings. The Labute approximate surface area is 341 Å². The Morgan fingerprint density at radius 1 is 0.271 bits per heavy atom. The third-order valence-electron chi connectivity index (χ3n) is 11.1. The largest absolute Gasteiger partial charge is 0.456 e. The van der Waals surface area contributed by atoms with Gasteiger partial charge in [0.15, 0.2) is 17.5 Å². The number of benzene rings is 9. The van der Waals surface area contributed by atoms with Crippen LogP contribution in [0.4, 0.5) is 0 Å². The standard InChI is InChI=1S/C55H35N3O/c1-4-12-36(13-5-1)39-22-24-40(25-23-39)48-20-11-21-50-52(48)49-31-30-47(35-51(49)59-50)55-57-53(45-19-10-18-41(33-45)37-14-6-2-7-15-37)56-54(58-55)46-29-28-43-32-42(26-27-44(43)34-46)38-16-8-3-9-17-38/h1-35H. The van der Waals surface area contributed by atoms with Crippen LogP contribution in [0.2, 0.25) is 0 Å². The number of nitrogens with zero attached hydrogens (tertiary/aromatic N) is 3. The first-order chi connectivity index (χ1) is 29.2. The first-order valence-electron chi connectivity index (χ1n) is 19.8. The number of hydrogen-bond donors (Lipinski definition) is 0. The Balaban J connectivity index is 1.02. The van der Waals surface area contributed by atoms with Gasteiger partial charge >= 0.3 is 0 Å². The second kappa shape index (κ2) is 14.5. The average Bonchev–Trinajstić information content (AvgIpc) is 3.70. The van der Waals surface area contributed by atoms with Crippen LogP contribution >= 0.6 is 0 Å². The van der Waals surface area contributed by atoms with Gasteiger partial charge in [0.05, 0.1) is 0 Å². The monoisotopic (exact) mass is 753 g/mol. The summed E-state index contributed by atoms with van der Waals surface area (Å²) in [6.45, 7) is 0. The summed E-state index contributed by atoms with van der Waals surface area (Å²) in [6, 6.07) is 74.1. The van der Waals surface area contributed by atoms with Gasteiger partial charge in [0.25, 0.3) is 0 Å². The van der Waals surface area contributed by atoms with Crippen LogP contribution in [0, 0.1) is 0 Å². The van der Waals surface area contributed by atoms with Gasteiger partial charge in [-0.05, 0) is 91.7 Å². The Morgan fingerprint density at radius 2 is 0.695 bits per heavy atom. The molecule has 0 radical (unpaired) electrons. The molecule has 59 heavy (non-hydrogen) atoms. The molecule has 2 heterocycles. The summed E-state index contributed by atoms with van der Waals surface area (Å²) in [5, 5.41) is 4.40. The van der Waals surface area contributed by atoms with Crippen molar-refractivity contribution >= 4 is 32.7 Å². The Hall–Kier alpha value is -7.95. The predicted octanol–water partition coefficient (Wildman–Crippen LogP) is 14.6. The van der Waals surface area contributed by atoms with Crippen molar-refractivity contribution in [3.05, 3.63) is 212 Å². The van der Waals surface area contributed by atoms with Gasteiger partial charge in [-0.2, -0.15) is 0 Å². The van der Waals surface area contributed by atoms with Crippen LogP contribution in [0.25, 0.3) is 111 Å². The van der Waals surface area contributed by atoms with Crippen LogP contribution in [0.5, 0.6) is 0 Å². The Kier molecular flexibility index (Phi) is 8.45. The van der Waals surface area contributed by atoms with Crippen molar-refractivity contribution < 1.29 is 4.42 Å². The van der Waals surface area contributed by atoms with Gasteiger partial charge in [-0.3, -0.25) is 0 Å². The van der Waals surface area contributed by atoms with Gasteiger partial charge in [0, 0.05) is 27.5 Å². The lowest BCUT2D eigenvalue weighted by atomic mass is 9.96. The SMILES string of the molecule is c1ccc(-c2ccc(-c3cccc4oc5cc(-c6nc(-c7cccc(-c8ccccc8)c7)nc(-c7ccc8cc(-c9ccccc9)ccc8c7)n6)ccc5c34)cc2)cc1. The highest BCUT2D eigenvalue weighted by Gasteiger charge is 2.17. The quantitative estimate of drug-likeness (QED) is 0.163. The molecular formula is C55H35N3O. The van der Waals surface area contributed by atoms with E-state index in [-0.39, 0.29) is 0 Å². The molecule has 0 spiro atoms. The summed E-state index contributed by atoms with van der Waals surface area (Å²) in [7, 11) is 0. The van der Waals surface area contributed by atoms with Gasteiger partial charge in [0.2, 0.25) is 0 Å². The predicted molar refractivity (Wildman–Crippen MR) is 243 cm³/mol. The molecule has 4 nitrogen and oxygen atoms in total. The summed E-state index contributed by atoms with van der Waals surface area (Å²) >= 11 is 0. The molecule has 4 heteroatoms. The van der Waals surface area contributed by atoms with E-state index in [1.165, 1.54) is 22.3 Å². The second-order valence-corrected chi connectivity index (χ2v) is 14.8. The molecule has 0 aliphatic carbocycles. The summed E-state index contributed by atoms with van der Waals surface area (Å²) < 4.78 is 6.58. The van der Waals surface area contributed by atoms with E-state index in [9.17, 15) is 0 Å². The fraction of sp³-hybridized carbons (Fsp3) is 0. The molecule has 0 saturated heterocycles. The van der Waals surface area contributed by atoms with Crippen LogP contribution in [-0.2, 0) is 0 Å². The van der Waals surface area contributed by atoms with E-state index in [2.05, 4.69) is 188 Å². The van der Waals surface area contributed by atoms with E-state index < -0.39 is 0 Å². The van der Waals surface area contributed by atoms with Gasteiger partial charge in [-0.15, -0.1) is 0 Å². The number of hydrogen-bond acceptors (Lipinski definition) is 4. The molecule has 2 aromatic heterocycles. The van der Waals surface area contributed by atoms with Crippen molar-refractivity contribution in [3.63, 3.8) is 0 Å². The maximum Gasteiger partial charge on any atom is 0.164 e. The number of furan rings is 1. The van der Waals surface area contributed by atoms with E-state index >= 15 is 0 Å². The van der Waals surface area contributed by atoms with Gasteiger partial charge in [0.1, 0.15) is 11.2 Å². The molecule has 276 valence electrons. The fourth-order valence-corrected chi connectivity index (χ4v) is 8.10. The van der Waals surface area contributed by atoms with Crippen molar-refractivity contribution in [3.8, 4) is 78.7 Å². The molecule has 0 bridgehead atoms. The van der Waals surface area contributed by atoms with E-state index in [1.54, 1.807) is 0 Å². The van der Waals surface area contributed by atoms with E-state index in [1.807, 2.05) is 24.3 Å². The molecule has 0 amide bonds. The molecule has 0 fully saturated rings. The van der Waals surface area contributed by atoms with Crippen molar-refractivity contribution in [1.29, 1.82) is 0 Å². The van der Waals surface area contributed by atoms with Gasteiger partial charge < -0.3 is 4.42 Å². The van der Waals surface area contributed by atoms with Crippen LogP contribution in [0.15, 0.2) is 217 Å². The summed E-state index contributed by atoms with van der Waals surface area (Å²) in [5.41, 5.74) is 13.6. The molecular weight excluding hydrogens is 719 g/mol. The lowest BCUT2D eigenvalue weighted by Crippen LogP contribution is -2.00. The lowest BCUT2D eigenvalue weighted by Gasteiger charge is -2.11. The third kappa shape index (κ3) is 6.53. The van der Waals surface area contributed by atoms with E-state index in [0.29, 0.717) is 17.5 Å². The van der Waals surface area contributed by atoms with Crippen LogP contribution in [0.3, 0.4) is 0 Å². The molecule has 9 aromatic carbocycles. The topological polar surface area (TPSA) is 51.8 Å². The average molecular weight is 754 g/mol. The summed E-state index contributed by atoms with van der Waals surface area (Å²) in [5.74, 6) is 1.79. The Morgan fingerprint density at radius 3 is 1.34 bits per heavy atom. The molecule has 0 atom stereocenters. The van der Waals surface area contributed by atoms with Crippen molar-refractivity contribution in [2.75, 3.05) is 0 Å². The summed E-state index contributed by atoms with van der Waals surface area (Å²) in [6.07, 6.45) is 0. The first-order valence-corrected chi connectivity index (χ1v) is 19.8. The maximum atomic E-state index is 6.58. The number of aromatic nitrogens is 3. The second-order valence-electron chi connectivity index (χ2n) is 14.8. The minimum absolute atomic E-state index is 0.578. The van der Waals surface area contributed by atoms with Gasteiger partial charge in [-0.25, -0.2) is 15.0 Å². The molecule has 0 aliphatic heterocycles. The van der Waals surface area contributed by atoms with Crippen molar-refractivity contribution in [2.45, 2.75) is 0 Å². The highest BCUT2D eigenvalue weighted by molar-refractivity contribution is 6.13. The van der Waals surface area contributed by atoms with Crippen LogP contribution < -0.4 is 0 Å². The maximum absolute atomic E-state index is 6.58. The number of fused-ring (bicyclic) bond motifs is 4. The molecule has 11 rings (SSSR count). The molecule has 0 aliphatic rings. The molecule has 0 unspecified atom stereocenters. The summed E-state index contributed by atoms with van der Waals surface area (Å²) in [4.78, 5) is 15.4. The molecule has 0 N–H and O–H groups in total. The van der Waals surface area contributed by atoms with Crippen molar-refractivity contribution in [1.82, 2.24) is 15.0 Å². The van der Waals surface area contributed by atoms with Crippen LogP contribution in [0.1, 0.15) is 0 Å². The van der Waals surface area contributed by atoms with Gasteiger partial charge in [-0.1, -0.05) is 176 Å². The van der Waals surface area contributed by atoms with Crippen molar-refractivity contribution in [2.24, 2.45) is 0 Å². The normalized spacial score (nSPS) is 11.4. The third-order valence-corrected chi connectivity index (χ3v) is 11.1. The van der Waals surface area contributed by atoms with E-state index in [0.717, 1.165) is 71.7 Å². The first kappa shape index (κ1) is 34.3. The van der Waals surface area contributed by atoms with E-state index in [4.69, 9.17) is 19.4 Å². The zero-order chi connectivity index (χ0) is 39.1. The minimum atomic E-state index is 0.578. The highest BCUT2D eigenvalue weighted by Crippen LogP contribution is 2.39.